The highest BCUT2D eigenvalue weighted by molar-refractivity contribution is 14.0. The standard InChI is InChI=1S/C20H34N6O2S.HI/c1-5-24-8-10-25(11-9-24)18-14-17(6-7-22-18)15-23-19(21-4)26-12-13-29(27,28)20(2,3)16-26;/h6-7,14H,5,8-13,15-16H2,1-4H3,(H,21,23);1H. The van der Waals surface area contributed by atoms with Crippen LogP contribution in [-0.2, 0) is 16.4 Å². The first kappa shape index (κ1) is 25.1. The van der Waals surface area contributed by atoms with Crippen molar-refractivity contribution in [3.05, 3.63) is 23.9 Å². The van der Waals surface area contributed by atoms with Gasteiger partial charge in [-0.1, -0.05) is 6.92 Å². The van der Waals surface area contributed by atoms with Gasteiger partial charge in [-0.15, -0.1) is 24.0 Å². The third kappa shape index (κ3) is 5.76. The summed E-state index contributed by atoms with van der Waals surface area (Å²) in [6.45, 7) is 12.5. The van der Waals surface area contributed by atoms with Gasteiger partial charge in [0.05, 0.1) is 10.5 Å². The van der Waals surface area contributed by atoms with E-state index in [4.69, 9.17) is 0 Å². The van der Waals surface area contributed by atoms with Gasteiger partial charge in [0.15, 0.2) is 15.8 Å². The second kappa shape index (κ2) is 10.4. The Morgan fingerprint density at radius 2 is 1.93 bits per heavy atom. The summed E-state index contributed by atoms with van der Waals surface area (Å²) in [6.07, 6.45) is 1.86. The van der Waals surface area contributed by atoms with E-state index < -0.39 is 14.6 Å². The molecule has 0 amide bonds. The molecule has 3 heterocycles. The number of halogens is 1. The number of aliphatic imine (C=N–C) groups is 1. The van der Waals surface area contributed by atoms with Gasteiger partial charge in [0.25, 0.3) is 0 Å². The minimum atomic E-state index is -3.07. The van der Waals surface area contributed by atoms with Gasteiger partial charge in [0.1, 0.15) is 5.82 Å². The number of nitrogens with one attached hydrogen (secondary N) is 1. The minimum Gasteiger partial charge on any atom is -0.354 e. The molecular weight excluding hydrogens is 515 g/mol. The molecule has 1 aromatic rings. The lowest BCUT2D eigenvalue weighted by molar-refractivity contribution is 0.270. The number of likely N-dealkylation sites (N-methyl/N-ethyl adjacent to an activating group) is 1. The fraction of sp³-hybridized carbons (Fsp3) is 0.700. The average molecular weight is 551 g/mol. The second-order valence-corrected chi connectivity index (χ2v) is 11.1. The second-order valence-electron chi connectivity index (χ2n) is 8.34. The lowest BCUT2D eigenvalue weighted by Gasteiger charge is -2.39. The predicted octanol–water partition coefficient (Wildman–Crippen LogP) is 1.43. The molecule has 0 unspecified atom stereocenters. The number of hydrogen-bond acceptors (Lipinski definition) is 6. The molecule has 2 aliphatic heterocycles. The molecule has 0 aromatic carbocycles. The summed E-state index contributed by atoms with van der Waals surface area (Å²) in [5.41, 5.74) is 1.14. The highest BCUT2D eigenvalue weighted by atomic mass is 127. The van der Waals surface area contributed by atoms with E-state index in [1.165, 1.54) is 0 Å². The Morgan fingerprint density at radius 1 is 1.23 bits per heavy atom. The number of piperazine rings is 1. The smallest absolute Gasteiger partial charge is 0.193 e. The van der Waals surface area contributed by atoms with Gasteiger partial charge in [-0.3, -0.25) is 4.99 Å². The number of rotatable bonds is 4. The number of anilines is 1. The molecule has 2 saturated heterocycles. The van der Waals surface area contributed by atoms with Crippen LogP contribution in [0, 0.1) is 0 Å². The zero-order chi connectivity index (χ0) is 21.1. The Bertz CT molecular complexity index is 837. The number of hydrogen-bond donors (Lipinski definition) is 1. The van der Waals surface area contributed by atoms with Gasteiger partial charge in [0, 0.05) is 59.1 Å². The molecule has 170 valence electrons. The Balaban J connectivity index is 0.00000320. The summed E-state index contributed by atoms with van der Waals surface area (Å²) in [7, 11) is -1.33. The van der Waals surface area contributed by atoms with E-state index in [-0.39, 0.29) is 29.7 Å². The summed E-state index contributed by atoms with van der Waals surface area (Å²) >= 11 is 0. The molecule has 0 bridgehead atoms. The molecule has 0 atom stereocenters. The molecule has 8 nitrogen and oxygen atoms in total. The fourth-order valence-electron chi connectivity index (χ4n) is 3.87. The molecule has 0 saturated carbocycles. The summed E-state index contributed by atoms with van der Waals surface area (Å²) in [4.78, 5) is 15.8. The molecule has 1 N–H and O–H groups in total. The van der Waals surface area contributed by atoms with Crippen LogP contribution >= 0.6 is 24.0 Å². The quantitative estimate of drug-likeness (QED) is 0.345. The lowest BCUT2D eigenvalue weighted by atomic mass is 10.2. The van der Waals surface area contributed by atoms with E-state index in [1.54, 1.807) is 20.9 Å². The first-order chi connectivity index (χ1) is 13.8. The van der Waals surface area contributed by atoms with Crippen LogP contribution in [0.4, 0.5) is 5.82 Å². The monoisotopic (exact) mass is 550 g/mol. The predicted molar refractivity (Wildman–Crippen MR) is 134 cm³/mol. The van der Waals surface area contributed by atoms with Gasteiger partial charge in [0.2, 0.25) is 0 Å². The SMILES string of the molecule is CCN1CCN(c2cc(CNC(=NC)N3CCS(=O)(=O)C(C)(C)C3)ccn2)CC1.I. The maximum absolute atomic E-state index is 12.3. The summed E-state index contributed by atoms with van der Waals surface area (Å²) in [5, 5.41) is 3.39. The van der Waals surface area contributed by atoms with Crippen LogP contribution in [0.25, 0.3) is 0 Å². The maximum Gasteiger partial charge on any atom is 0.193 e. The first-order valence-corrected chi connectivity index (χ1v) is 12.0. The van der Waals surface area contributed by atoms with Gasteiger partial charge in [-0.05, 0) is 38.1 Å². The third-order valence-electron chi connectivity index (χ3n) is 5.96. The van der Waals surface area contributed by atoms with Crippen LogP contribution in [0.3, 0.4) is 0 Å². The highest BCUT2D eigenvalue weighted by Crippen LogP contribution is 2.23. The molecular formula is C20H35IN6O2S. The number of aromatic nitrogens is 1. The van der Waals surface area contributed by atoms with Crippen molar-refractivity contribution in [2.75, 3.05) is 63.5 Å². The van der Waals surface area contributed by atoms with Gasteiger partial charge in [-0.2, -0.15) is 0 Å². The van der Waals surface area contributed by atoms with Crippen molar-refractivity contribution < 1.29 is 8.42 Å². The summed E-state index contributed by atoms with van der Waals surface area (Å²) < 4.78 is 23.8. The van der Waals surface area contributed by atoms with E-state index >= 15 is 0 Å². The van der Waals surface area contributed by atoms with Crippen molar-refractivity contribution in [1.82, 2.24) is 20.1 Å². The molecule has 30 heavy (non-hydrogen) atoms. The van der Waals surface area contributed by atoms with Crippen molar-refractivity contribution in [3.63, 3.8) is 0 Å². The van der Waals surface area contributed by atoms with Crippen molar-refractivity contribution in [3.8, 4) is 0 Å². The van der Waals surface area contributed by atoms with Crippen LogP contribution in [0.15, 0.2) is 23.3 Å². The van der Waals surface area contributed by atoms with Gasteiger partial charge < -0.3 is 20.0 Å². The third-order valence-corrected chi connectivity index (χ3v) is 8.49. The lowest BCUT2D eigenvalue weighted by Crippen LogP contribution is -2.57. The Morgan fingerprint density at radius 3 is 2.53 bits per heavy atom. The van der Waals surface area contributed by atoms with Crippen LogP contribution in [-0.4, -0.2) is 92.5 Å². The number of nitrogens with zero attached hydrogens (tertiary/aromatic N) is 5. The van der Waals surface area contributed by atoms with Crippen molar-refractivity contribution in [2.24, 2.45) is 4.99 Å². The van der Waals surface area contributed by atoms with Gasteiger partial charge in [-0.25, -0.2) is 13.4 Å². The van der Waals surface area contributed by atoms with Crippen LogP contribution in [0.1, 0.15) is 26.3 Å². The highest BCUT2D eigenvalue weighted by Gasteiger charge is 2.40. The molecule has 0 aliphatic carbocycles. The molecule has 10 heteroatoms. The number of pyridine rings is 1. The topological polar surface area (TPSA) is 81.1 Å². The van der Waals surface area contributed by atoms with Crippen molar-refractivity contribution in [1.29, 1.82) is 0 Å². The Labute approximate surface area is 198 Å². The zero-order valence-corrected chi connectivity index (χ0v) is 21.6. The van der Waals surface area contributed by atoms with Crippen LogP contribution in [0.5, 0.6) is 0 Å². The van der Waals surface area contributed by atoms with E-state index in [9.17, 15) is 8.42 Å². The van der Waals surface area contributed by atoms with Crippen LogP contribution in [0.2, 0.25) is 0 Å². The van der Waals surface area contributed by atoms with Crippen LogP contribution < -0.4 is 10.2 Å². The molecule has 2 fully saturated rings. The van der Waals surface area contributed by atoms with E-state index in [2.05, 4.69) is 38.1 Å². The van der Waals surface area contributed by atoms with E-state index in [0.717, 1.165) is 50.1 Å². The molecule has 3 rings (SSSR count). The first-order valence-electron chi connectivity index (χ1n) is 10.4. The number of guanidine groups is 1. The molecule has 1 aromatic heterocycles. The Kier molecular flexibility index (Phi) is 8.75. The average Bonchev–Trinajstić information content (AvgIpc) is 2.71. The maximum atomic E-state index is 12.3. The molecule has 0 radical (unpaired) electrons. The van der Waals surface area contributed by atoms with E-state index in [1.807, 2.05) is 17.2 Å². The Hall–Kier alpha value is -1.14. The summed E-state index contributed by atoms with van der Waals surface area (Å²) in [5.74, 6) is 1.91. The zero-order valence-electron chi connectivity index (χ0n) is 18.5. The van der Waals surface area contributed by atoms with E-state index in [0.29, 0.717) is 19.6 Å². The summed E-state index contributed by atoms with van der Waals surface area (Å²) in [6, 6.07) is 4.14. The normalized spacial score (nSPS) is 21.8. The fourth-order valence-corrected chi connectivity index (χ4v) is 5.24. The number of sulfone groups is 1. The van der Waals surface area contributed by atoms with Crippen molar-refractivity contribution in [2.45, 2.75) is 32.1 Å². The molecule has 2 aliphatic rings. The minimum absolute atomic E-state index is 0. The van der Waals surface area contributed by atoms with Gasteiger partial charge >= 0.3 is 0 Å². The van der Waals surface area contributed by atoms with Crippen molar-refractivity contribution >= 4 is 45.6 Å². The molecule has 0 spiro atoms. The largest absolute Gasteiger partial charge is 0.354 e.